The maximum atomic E-state index is 11.3. The Morgan fingerprint density at radius 1 is 1.47 bits per heavy atom. The van der Waals surface area contributed by atoms with E-state index in [0.717, 1.165) is 12.8 Å². The molecule has 5 heteroatoms. The number of rotatable bonds is 6. The van der Waals surface area contributed by atoms with Crippen LogP contribution in [0.4, 0.5) is 4.79 Å². The number of aliphatic hydroxyl groups excluding tert-OH is 1. The summed E-state index contributed by atoms with van der Waals surface area (Å²) >= 11 is 0. The van der Waals surface area contributed by atoms with Crippen molar-refractivity contribution in [2.24, 2.45) is 0 Å². The van der Waals surface area contributed by atoms with Gasteiger partial charge in [0.05, 0.1) is 6.10 Å². The highest BCUT2D eigenvalue weighted by molar-refractivity contribution is 5.60. The number of epoxide rings is 1. The van der Waals surface area contributed by atoms with Gasteiger partial charge in [-0.2, -0.15) is 0 Å². The molecule has 0 aromatic heterocycles. The molecule has 1 aliphatic rings. The zero-order chi connectivity index (χ0) is 14.5. The van der Waals surface area contributed by atoms with E-state index in [-0.39, 0.29) is 18.8 Å². The Morgan fingerprint density at radius 2 is 2.16 bits per heavy atom. The van der Waals surface area contributed by atoms with Gasteiger partial charge in [-0.3, -0.25) is 0 Å². The summed E-state index contributed by atoms with van der Waals surface area (Å²) in [5.41, 5.74) is -0.549. The molecule has 1 aliphatic heterocycles. The van der Waals surface area contributed by atoms with Crippen molar-refractivity contribution in [1.29, 1.82) is 0 Å². The van der Waals surface area contributed by atoms with Crippen molar-refractivity contribution in [3.05, 3.63) is 0 Å². The lowest BCUT2D eigenvalue weighted by atomic mass is 10.1. The fourth-order valence-electron chi connectivity index (χ4n) is 1.61. The van der Waals surface area contributed by atoms with Crippen LogP contribution >= 0.6 is 0 Å². The lowest BCUT2D eigenvalue weighted by Gasteiger charge is -2.18. The van der Waals surface area contributed by atoms with Crippen molar-refractivity contribution in [3.8, 4) is 12.3 Å². The second kappa shape index (κ2) is 6.78. The molecule has 1 N–H and O–H groups in total. The van der Waals surface area contributed by atoms with Crippen LogP contribution in [0, 0.1) is 12.3 Å². The first-order valence-electron chi connectivity index (χ1n) is 6.47. The molecule has 108 valence electrons. The Hall–Kier alpha value is -1.25. The number of ether oxygens (including phenoxy) is 3. The molecular weight excluding hydrogens is 248 g/mol. The molecule has 1 saturated heterocycles. The number of carbonyl (C=O) groups is 1. The summed E-state index contributed by atoms with van der Waals surface area (Å²) in [6, 6.07) is 0. The van der Waals surface area contributed by atoms with Crippen molar-refractivity contribution in [3.63, 3.8) is 0 Å². The monoisotopic (exact) mass is 270 g/mol. The number of terminal acetylenes is 1. The second-order valence-corrected chi connectivity index (χ2v) is 5.60. The summed E-state index contributed by atoms with van der Waals surface area (Å²) in [6.07, 6.45) is 5.89. The van der Waals surface area contributed by atoms with Gasteiger partial charge in [-0.1, -0.05) is 5.92 Å². The maximum Gasteiger partial charge on any atom is 0.508 e. The van der Waals surface area contributed by atoms with E-state index in [1.165, 1.54) is 0 Å². The third kappa shape index (κ3) is 7.04. The van der Waals surface area contributed by atoms with Gasteiger partial charge >= 0.3 is 6.16 Å². The molecule has 1 unspecified atom stereocenters. The lowest BCUT2D eigenvalue weighted by Crippen LogP contribution is -2.25. The van der Waals surface area contributed by atoms with E-state index in [9.17, 15) is 9.90 Å². The molecule has 1 rings (SSSR count). The van der Waals surface area contributed by atoms with E-state index in [0.29, 0.717) is 6.42 Å². The Balaban J connectivity index is 2.05. The van der Waals surface area contributed by atoms with E-state index in [1.807, 2.05) is 0 Å². The molecule has 0 saturated carbocycles. The summed E-state index contributed by atoms with van der Waals surface area (Å²) < 4.78 is 15.3. The zero-order valence-corrected chi connectivity index (χ0v) is 11.7. The summed E-state index contributed by atoms with van der Waals surface area (Å²) in [4.78, 5) is 11.3. The van der Waals surface area contributed by atoms with Crippen LogP contribution in [0.5, 0.6) is 0 Å². The molecule has 0 bridgehead atoms. The number of hydrogen-bond donors (Lipinski definition) is 1. The highest BCUT2D eigenvalue weighted by atomic mass is 16.7. The van der Waals surface area contributed by atoms with Gasteiger partial charge in [0.2, 0.25) is 0 Å². The normalized spacial score (nSPS) is 23.3. The average Bonchev–Trinajstić information content (AvgIpc) is 3.02. The second-order valence-electron chi connectivity index (χ2n) is 5.60. The van der Waals surface area contributed by atoms with Gasteiger partial charge in [-0.25, -0.2) is 4.79 Å². The summed E-state index contributed by atoms with van der Waals surface area (Å²) in [7, 11) is 0. The topological polar surface area (TPSA) is 68.3 Å². The van der Waals surface area contributed by atoms with Crippen LogP contribution in [-0.2, 0) is 14.2 Å². The molecule has 1 fully saturated rings. The van der Waals surface area contributed by atoms with Crippen LogP contribution in [0.2, 0.25) is 0 Å². The molecule has 0 amide bonds. The van der Waals surface area contributed by atoms with Crippen molar-refractivity contribution in [1.82, 2.24) is 0 Å². The van der Waals surface area contributed by atoms with Crippen molar-refractivity contribution in [2.45, 2.75) is 63.9 Å². The number of aliphatic hydroxyl groups is 1. The van der Waals surface area contributed by atoms with Gasteiger partial charge in [0.25, 0.3) is 0 Å². The first-order chi connectivity index (χ1) is 8.81. The van der Waals surface area contributed by atoms with E-state index >= 15 is 0 Å². The zero-order valence-electron chi connectivity index (χ0n) is 11.7. The Bertz CT molecular complexity index is 339. The average molecular weight is 270 g/mol. The molecule has 0 radical (unpaired) electrons. The standard InChI is InChI=1S/C14H22O5/c1-5-10(15)7-6-8-11-12(18-11)9-17-13(16)19-14(2,3)4/h1,10-12,15H,6-9H2,2-4H3/t10?,11-,12-/m0/s1. The molecule has 0 spiro atoms. The van der Waals surface area contributed by atoms with Crippen LogP contribution in [0.25, 0.3) is 0 Å². The van der Waals surface area contributed by atoms with Crippen LogP contribution in [0.1, 0.15) is 40.0 Å². The third-order valence-corrected chi connectivity index (χ3v) is 2.60. The molecule has 1 heterocycles. The molecule has 0 aromatic rings. The third-order valence-electron chi connectivity index (χ3n) is 2.60. The van der Waals surface area contributed by atoms with Gasteiger partial charge in [-0.05, 0) is 40.0 Å². The predicted octanol–water partition coefficient (Wildman–Crippen LogP) is 1.87. The highest BCUT2D eigenvalue weighted by Crippen LogP contribution is 2.27. The number of hydrogen-bond acceptors (Lipinski definition) is 5. The molecule has 0 aliphatic carbocycles. The van der Waals surface area contributed by atoms with Crippen molar-refractivity contribution < 1.29 is 24.1 Å². The minimum absolute atomic E-state index is 0.0597. The van der Waals surface area contributed by atoms with Gasteiger partial charge in [0.1, 0.15) is 24.4 Å². The summed E-state index contributed by atoms with van der Waals surface area (Å²) in [6.45, 7) is 5.54. The first kappa shape index (κ1) is 15.8. The van der Waals surface area contributed by atoms with Crippen molar-refractivity contribution in [2.75, 3.05) is 6.61 Å². The fraction of sp³-hybridized carbons (Fsp3) is 0.786. The SMILES string of the molecule is C#CC(O)CCC[C@@H]1O[C@H]1COC(=O)OC(C)(C)C. The first-order valence-corrected chi connectivity index (χ1v) is 6.47. The largest absolute Gasteiger partial charge is 0.508 e. The van der Waals surface area contributed by atoms with Gasteiger partial charge < -0.3 is 19.3 Å². The fourth-order valence-corrected chi connectivity index (χ4v) is 1.61. The molecule has 5 nitrogen and oxygen atoms in total. The predicted molar refractivity (Wildman–Crippen MR) is 69.5 cm³/mol. The van der Waals surface area contributed by atoms with E-state index in [2.05, 4.69) is 5.92 Å². The Kier molecular flexibility index (Phi) is 5.64. The number of carbonyl (C=O) groups excluding carboxylic acids is 1. The van der Waals surface area contributed by atoms with Crippen LogP contribution in [0.3, 0.4) is 0 Å². The van der Waals surface area contributed by atoms with Gasteiger partial charge in [0.15, 0.2) is 0 Å². The molecular formula is C14H22O5. The lowest BCUT2D eigenvalue weighted by molar-refractivity contribution is -0.00947. The molecule has 19 heavy (non-hydrogen) atoms. The minimum Gasteiger partial charge on any atom is -0.431 e. The van der Waals surface area contributed by atoms with E-state index < -0.39 is 17.9 Å². The smallest absolute Gasteiger partial charge is 0.431 e. The maximum absolute atomic E-state index is 11.3. The Labute approximate surface area is 114 Å². The quantitative estimate of drug-likeness (QED) is 0.453. The van der Waals surface area contributed by atoms with Crippen LogP contribution in [0.15, 0.2) is 0 Å². The van der Waals surface area contributed by atoms with Crippen LogP contribution < -0.4 is 0 Å². The van der Waals surface area contributed by atoms with Crippen LogP contribution in [-0.4, -0.2) is 41.8 Å². The summed E-state index contributed by atoms with van der Waals surface area (Å²) in [5.74, 6) is 2.26. The summed E-state index contributed by atoms with van der Waals surface area (Å²) in [5, 5.41) is 9.18. The molecule has 0 aromatic carbocycles. The van der Waals surface area contributed by atoms with E-state index in [1.54, 1.807) is 20.8 Å². The Morgan fingerprint density at radius 3 is 2.74 bits per heavy atom. The minimum atomic E-state index is -0.685. The van der Waals surface area contributed by atoms with Gasteiger partial charge in [0, 0.05) is 0 Å². The van der Waals surface area contributed by atoms with Crippen molar-refractivity contribution >= 4 is 6.16 Å². The van der Waals surface area contributed by atoms with E-state index in [4.69, 9.17) is 20.6 Å². The highest BCUT2D eigenvalue weighted by Gasteiger charge is 2.39. The molecule has 3 atom stereocenters. The van der Waals surface area contributed by atoms with Gasteiger partial charge in [-0.15, -0.1) is 6.42 Å².